The lowest BCUT2D eigenvalue weighted by Crippen LogP contribution is -2.15. The average Bonchev–Trinajstić information content (AvgIpc) is 3.09. The molecule has 1 aliphatic heterocycles. The summed E-state index contributed by atoms with van der Waals surface area (Å²) in [6.45, 7) is 0. The molecule has 0 amide bonds. The monoisotopic (exact) mass is 424 g/mol. The zero-order valence-corrected chi connectivity index (χ0v) is 16.4. The Hall–Kier alpha value is -2.06. The van der Waals surface area contributed by atoms with Gasteiger partial charge in [0.25, 0.3) is 0 Å². The van der Waals surface area contributed by atoms with Gasteiger partial charge in [-0.05, 0) is 29.8 Å². The van der Waals surface area contributed by atoms with Gasteiger partial charge in [-0.15, -0.1) is 0 Å². The molecule has 4 rings (SSSR count). The molecule has 2 atom stereocenters. The summed E-state index contributed by atoms with van der Waals surface area (Å²) in [4.78, 5) is 4.07. The van der Waals surface area contributed by atoms with E-state index in [0.29, 0.717) is 10.0 Å². The van der Waals surface area contributed by atoms with Crippen molar-refractivity contribution in [1.29, 1.82) is 0 Å². The van der Waals surface area contributed by atoms with E-state index in [2.05, 4.69) is 4.98 Å². The fourth-order valence-electron chi connectivity index (χ4n) is 3.11. The molecule has 3 aromatic rings. The Bertz CT molecular complexity index is 1090. The quantitative estimate of drug-likeness (QED) is 0.456. The van der Waals surface area contributed by atoms with Crippen molar-refractivity contribution in [2.45, 2.75) is 11.8 Å². The number of rotatable bonds is 5. The first kappa shape index (κ1) is 18.3. The van der Waals surface area contributed by atoms with Gasteiger partial charge in [0.15, 0.2) is 11.8 Å². The third kappa shape index (κ3) is 3.43. The third-order valence-electron chi connectivity index (χ3n) is 4.25. The average molecular weight is 425 g/mol. The molecule has 0 bridgehead atoms. The SMILES string of the molecule is CS(=O)(=O)Oc1ccc(C2(c3ccc(Cl)cc3Cl)OC2n2ccnc2)cc1. The molecule has 140 valence electrons. The molecule has 1 saturated heterocycles. The van der Waals surface area contributed by atoms with Gasteiger partial charge in [0.05, 0.1) is 12.6 Å². The Kier molecular flexibility index (Phi) is 4.43. The number of benzene rings is 2. The summed E-state index contributed by atoms with van der Waals surface area (Å²) in [5, 5.41) is 0.997. The normalized spacial score (nSPS) is 21.8. The fraction of sp³-hybridized carbons (Fsp3) is 0.167. The van der Waals surface area contributed by atoms with Crippen molar-refractivity contribution in [2.75, 3.05) is 6.26 Å². The van der Waals surface area contributed by atoms with Crippen LogP contribution in [0, 0.1) is 0 Å². The van der Waals surface area contributed by atoms with Crippen LogP contribution in [0.25, 0.3) is 0 Å². The number of epoxide rings is 1. The van der Waals surface area contributed by atoms with Crippen LogP contribution in [0.4, 0.5) is 0 Å². The molecule has 1 fully saturated rings. The maximum Gasteiger partial charge on any atom is 0.306 e. The Balaban J connectivity index is 1.78. The van der Waals surface area contributed by atoms with Crippen molar-refractivity contribution in [3.8, 4) is 5.75 Å². The second-order valence-electron chi connectivity index (χ2n) is 6.15. The maximum absolute atomic E-state index is 11.3. The van der Waals surface area contributed by atoms with E-state index in [9.17, 15) is 8.42 Å². The molecule has 1 aliphatic rings. The minimum Gasteiger partial charge on any atom is -0.383 e. The first-order valence-corrected chi connectivity index (χ1v) is 10.5. The summed E-state index contributed by atoms with van der Waals surface area (Å²) < 4.78 is 35.5. The topological polar surface area (TPSA) is 73.7 Å². The van der Waals surface area contributed by atoms with E-state index in [4.69, 9.17) is 32.1 Å². The minimum absolute atomic E-state index is 0.221. The van der Waals surface area contributed by atoms with E-state index >= 15 is 0 Å². The number of hydrogen-bond acceptors (Lipinski definition) is 5. The van der Waals surface area contributed by atoms with Crippen LogP contribution in [0.3, 0.4) is 0 Å². The highest BCUT2D eigenvalue weighted by molar-refractivity contribution is 7.86. The molecule has 0 saturated carbocycles. The van der Waals surface area contributed by atoms with Gasteiger partial charge in [-0.2, -0.15) is 8.42 Å². The molecular formula is C18H14Cl2N2O4S. The van der Waals surface area contributed by atoms with Crippen molar-refractivity contribution >= 4 is 33.3 Å². The first-order chi connectivity index (χ1) is 12.8. The molecule has 27 heavy (non-hydrogen) atoms. The smallest absolute Gasteiger partial charge is 0.306 e. The largest absolute Gasteiger partial charge is 0.383 e. The summed E-state index contributed by atoms with van der Waals surface area (Å²) in [5.74, 6) is 0.221. The Morgan fingerprint density at radius 1 is 1.19 bits per heavy atom. The first-order valence-electron chi connectivity index (χ1n) is 7.90. The molecule has 9 heteroatoms. The van der Waals surface area contributed by atoms with Gasteiger partial charge in [-0.3, -0.25) is 0 Å². The van der Waals surface area contributed by atoms with Gasteiger partial charge in [0, 0.05) is 28.0 Å². The van der Waals surface area contributed by atoms with Crippen molar-refractivity contribution in [3.63, 3.8) is 0 Å². The zero-order valence-electron chi connectivity index (χ0n) is 14.0. The van der Waals surface area contributed by atoms with Crippen LogP contribution in [0.2, 0.25) is 10.0 Å². The van der Waals surface area contributed by atoms with Crippen molar-refractivity contribution in [3.05, 3.63) is 82.4 Å². The Morgan fingerprint density at radius 2 is 1.93 bits per heavy atom. The summed E-state index contributed by atoms with van der Waals surface area (Å²) in [5.41, 5.74) is 0.710. The predicted molar refractivity (Wildman–Crippen MR) is 102 cm³/mol. The van der Waals surface area contributed by atoms with Gasteiger partial charge < -0.3 is 13.5 Å². The van der Waals surface area contributed by atoms with Crippen LogP contribution >= 0.6 is 23.2 Å². The molecule has 2 aromatic carbocycles. The lowest BCUT2D eigenvalue weighted by Gasteiger charge is -2.17. The summed E-state index contributed by atoms with van der Waals surface area (Å²) in [7, 11) is -3.60. The number of halogens is 2. The second kappa shape index (κ2) is 6.53. The van der Waals surface area contributed by atoms with Crippen molar-refractivity contribution in [1.82, 2.24) is 9.55 Å². The fourth-order valence-corrected chi connectivity index (χ4v) is 4.12. The molecule has 0 radical (unpaired) electrons. The standard InChI is InChI=1S/C18H14Cl2N2O4S/c1-27(23,24)26-14-5-2-12(3-6-14)18(15-7-4-13(19)10-16(15)20)17(25-18)22-9-8-21-11-22/h2-11,17H,1H3. The van der Waals surface area contributed by atoms with E-state index in [1.807, 2.05) is 10.6 Å². The Morgan fingerprint density at radius 3 is 2.52 bits per heavy atom. The highest BCUT2D eigenvalue weighted by Gasteiger charge is 2.61. The van der Waals surface area contributed by atoms with Crippen molar-refractivity contribution < 1.29 is 17.3 Å². The molecule has 0 N–H and O–H groups in total. The van der Waals surface area contributed by atoms with E-state index in [1.165, 1.54) is 0 Å². The van der Waals surface area contributed by atoms with E-state index in [-0.39, 0.29) is 12.0 Å². The number of imidazole rings is 1. The second-order valence-corrected chi connectivity index (χ2v) is 8.57. The van der Waals surface area contributed by atoms with Gasteiger partial charge in [0.1, 0.15) is 5.75 Å². The molecule has 6 nitrogen and oxygen atoms in total. The summed E-state index contributed by atoms with van der Waals surface area (Å²) in [6.07, 6.45) is 5.78. The summed E-state index contributed by atoms with van der Waals surface area (Å²) in [6, 6.07) is 11.9. The van der Waals surface area contributed by atoms with Crippen LogP contribution < -0.4 is 4.18 Å². The van der Waals surface area contributed by atoms with Crippen molar-refractivity contribution in [2.24, 2.45) is 0 Å². The number of ether oxygens (including phenoxy) is 1. The molecule has 1 aromatic heterocycles. The molecule has 0 aliphatic carbocycles. The lowest BCUT2D eigenvalue weighted by molar-refractivity contribution is 0.304. The third-order valence-corrected chi connectivity index (χ3v) is 5.29. The van der Waals surface area contributed by atoms with Crippen LogP contribution in [0.5, 0.6) is 5.75 Å². The van der Waals surface area contributed by atoms with E-state index < -0.39 is 15.7 Å². The van der Waals surface area contributed by atoms with E-state index in [1.54, 1.807) is 55.1 Å². The van der Waals surface area contributed by atoms with E-state index in [0.717, 1.165) is 17.4 Å². The molecule has 2 heterocycles. The molecule has 2 unspecified atom stereocenters. The molecular weight excluding hydrogens is 411 g/mol. The lowest BCUT2D eigenvalue weighted by atomic mass is 9.90. The number of hydrogen-bond donors (Lipinski definition) is 0. The predicted octanol–water partition coefficient (Wildman–Crippen LogP) is 4.00. The van der Waals surface area contributed by atoms with Crippen LogP contribution in [0.1, 0.15) is 17.4 Å². The minimum atomic E-state index is -3.60. The van der Waals surface area contributed by atoms with Crippen LogP contribution in [-0.4, -0.2) is 24.2 Å². The summed E-state index contributed by atoms with van der Waals surface area (Å²) >= 11 is 12.5. The maximum atomic E-state index is 11.3. The number of aromatic nitrogens is 2. The highest BCUT2D eigenvalue weighted by atomic mass is 35.5. The zero-order chi connectivity index (χ0) is 19.2. The van der Waals surface area contributed by atoms with Gasteiger partial charge >= 0.3 is 10.1 Å². The molecule has 0 spiro atoms. The number of nitrogens with zero attached hydrogens (tertiary/aromatic N) is 2. The van der Waals surface area contributed by atoms with Crippen LogP contribution in [0.15, 0.2) is 61.2 Å². The highest BCUT2D eigenvalue weighted by Crippen LogP contribution is 2.60. The van der Waals surface area contributed by atoms with Crippen LogP contribution in [-0.2, 0) is 20.5 Å². The van der Waals surface area contributed by atoms with Gasteiger partial charge in [-0.1, -0.05) is 41.4 Å². The van der Waals surface area contributed by atoms with Gasteiger partial charge in [0.2, 0.25) is 0 Å². The van der Waals surface area contributed by atoms with Gasteiger partial charge in [-0.25, -0.2) is 4.98 Å². The Labute approximate surface area is 166 Å².